The van der Waals surface area contributed by atoms with Gasteiger partial charge in [0.2, 0.25) is 10.0 Å². The topological polar surface area (TPSA) is 127 Å². The van der Waals surface area contributed by atoms with Gasteiger partial charge in [0, 0.05) is 12.1 Å². The summed E-state index contributed by atoms with van der Waals surface area (Å²) in [4.78, 5) is 9.87. The lowest BCUT2D eigenvalue weighted by Gasteiger charge is -2.25. The molecule has 0 unspecified atom stereocenters. The third-order valence-corrected chi connectivity index (χ3v) is 4.61. The molecule has 104 valence electrons. The third kappa shape index (κ3) is 2.83. The highest BCUT2D eigenvalue weighted by Gasteiger charge is 2.30. The molecule has 1 saturated carbocycles. The smallest absolute Gasteiger partial charge is 0.291 e. The van der Waals surface area contributed by atoms with E-state index >= 15 is 0 Å². The average Bonchev–Trinajstić information content (AvgIpc) is 2.33. The standard InChI is InChI=1S/C10H14N4O4S/c11-12-8-4-5-10(9(6-8)14(15)16)19(17,18)13-7-2-1-3-7/h4-7,12-13H,1-3,11H2. The number of nitrogen functional groups attached to an aromatic ring is 1. The van der Waals surface area contributed by atoms with E-state index in [1.54, 1.807) is 0 Å². The van der Waals surface area contributed by atoms with E-state index in [2.05, 4.69) is 10.1 Å². The summed E-state index contributed by atoms with van der Waals surface area (Å²) in [6.45, 7) is 0. The molecule has 1 aromatic rings. The minimum absolute atomic E-state index is 0.128. The number of anilines is 1. The molecule has 0 aromatic heterocycles. The first-order valence-corrected chi connectivity index (χ1v) is 7.20. The van der Waals surface area contributed by atoms with E-state index in [1.807, 2.05) is 0 Å². The number of sulfonamides is 1. The molecule has 0 spiro atoms. The Morgan fingerprint density at radius 3 is 2.53 bits per heavy atom. The van der Waals surface area contributed by atoms with Crippen LogP contribution in [0.25, 0.3) is 0 Å². The monoisotopic (exact) mass is 286 g/mol. The van der Waals surface area contributed by atoms with Crippen molar-refractivity contribution in [3.05, 3.63) is 28.3 Å². The predicted molar refractivity (Wildman–Crippen MR) is 68.9 cm³/mol. The van der Waals surface area contributed by atoms with Crippen LogP contribution < -0.4 is 16.0 Å². The second kappa shape index (κ2) is 5.11. The van der Waals surface area contributed by atoms with Crippen LogP contribution in [0.5, 0.6) is 0 Å². The van der Waals surface area contributed by atoms with E-state index in [4.69, 9.17) is 5.84 Å². The Morgan fingerprint density at radius 1 is 1.37 bits per heavy atom. The molecule has 8 nitrogen and oxygen atoms in total. The van der Waals surface area contributed by atoms with Crippen LogP contribution in [0.2, 0.25) is 0 Å². The maximum absolute atomic E-state index is 12.1. The molecular formula is C10H14N4O4S. The Morgan fingerprint density at radius 2 is 2.05 bits per heavy atom. The van der Waals surface area contributed by atoms with Gasteiger partial charge in [-0.15, -0.1) is 0 Å². The summed E-state index contributed by atoms with van der Waals surface area (Å²) in [5.41, 5.74) is 2.02. The molecule has 1 fully saturated rings. The van der Waals surface area contributed by atoms with Crippen LogP contribution in [-0.4, -0.2) is 19.4 Å². The Balaban J connectivity index is 2.39. The van der Waals surface area contributed by atoms with Crippen molar-refractivity contribution in [3.63, 3.8) is 0 Å². The molecule has 19 heavy (non-hydrogen) atoms. The zero-order chi connectivity index (χ0) is 14.0. The Hall–Kier alpha value is -1.71. The molecular weight excluding hydrogens is 272 g/mol. The fourth-order valence-corrected chi connectivity index (χ4v) is 3.24. The summed E-state index contributed by atoms with van der Waals surface area (Å²) in [6, 6.07) is 3.52. The maximum Gasteiger partial charge on any atom is 0.291 e. The molecule has 4 N–H and O–H groups in total. The van der Waals surface area contributed by atoms with Crippen molar-refractivity contribution in [1.29, 1.82) is 0 Å². The highest BCUT2D eigenvalue weighted by atomic mass is 32.2. The van der Waals surface area contributed by atoms with Gasteiger partial charge in [0.15, 0.2) is 4.90 Å². The van der Waals surface area contributed by atoms with Crippen LogP contribution in [0.15, 0.2) is 23.1 Å². The van der Waals surface area contributed by atoms with Crippen molar-refractivity contribution in [2.24, 2.45) is 5.84 Å². The first-order valence-electron chi connectivity index (χ1n) is 5.71. The molecule has 1 aliphatic carbocycles. The first kappa shape index (κ1) is 13.7. The number of nitrogens with two attached hydrogens (primary N) is 1. The van der Waals surface area contributed by atoms with Crippen molar-refractivity contribution in [2.45, 2.75) is 30.2 Å². The van der Waals surface area contributed by atoms with Crippen molar-refractivity contribution in [3.8, 4) is 0 Å². The molecule has 0 radical (unpaired) electrons. The van der Waals surface area contributed by atoms with Gasteiger partial charge in [-0.25, -0.2) is 13.1 Å². The zero-order valence-corrected chi connectivity index (χ0v) is 10.8. The zero-order valence-electron chi connectivity index (χ0n) is 10.00. The second-order valence-corrected chi connectivity index (χ2v) is 6.02. The number of benzene rings is 1. The van der Waals surface area contributed by atoms with Crippen molar-refractivity contribution in [2.75, 3.05) is 5.43 Å². The highest BCUT2D eigenvalue weighted by molar-refractivity contribution is 7.89. The molecule has 0 saturated heterocycles. The molecule has 9 heteroatoms. The van der Waals surface area contributed by atoms with Crippen LogP contribution in [-0.2, 0) is 10.0 Å². The van der Waals surface area contributed by atoms with Gasteiger partial charge in [0.25, 0.3) is 5.69 Å². The summed E-state index contributed by atoms with van der Waals surface area (Å²) in [5, 5.41) is 11.0. The van der Waals surface area contributed by atoms with Gasteiger partial charge in [-0.1, -0.05) is 6.42 Å². The number of hydrogen-bond acceptors (Lipinski definition) is 6. The lowest BCUT2D eigenvalue weighted by Crippen LogP contribution is -2.39. The molecule has 2 rings (SSSR count). The predicted octanol–water partition coefficient (Wildman–Crippen LogP) is 0.711. The fourth-order valence-electron chi connectivity index (χ4n) is 1.79. The maximum atomic E-state index is 12.1. The number of nitro groups is 1. The van der Waals surface area contributed by atoms with Crippen molar-refractivity contribution in [1.82, 2.24) is 4.72 Å². The first-order chi connectivity index (χ1) is 8.94. The highest BCUT2D eigenvalue weighted by Crippen LogP contribution is 2.28. The van der Waals surface area contributed by atoms with Gasteiger partial charge in [0.05, 0.1) is 10.6 Å². The van der Waals surface area contributed by atoms with Crippen LogP contribution in [0.3, 0.4) is 0 Å². The Kier molecular flexibility index (Phi) is 3.69. The number of nitro benzene ring substituents is 1. The normalized spacial score (nSPS) is 15.8. The van der Waals surface area contributed by atoms with Crippen LogP contribution in [0.4, 0.5) is 11.4 Å². The summed E-state index contributed by atoms with van der Waals surface area (Å²) < 4.78 is 26.6. The van der Waals surface area contributed by atoms with E-state index in [0.29, 0.717) is 0 Å². The molecule has 0 aliphatic heterocycles. The molecule has 1 aliphatic rings. The summed E-state index contributed by atoms with van der Waals surface area (Å²) >= 11 is 0. The molecule has 0 bridgehead atoms. The largest absolute Gasteiger partial charge is 0.324 e. The number of rotatable bonds is 5. The van der Waals surface area contributed by atoms with Crippen LogP contribution >= 0.6 is 0 Å². The lowest BCUT2D eigenvalue weighted by molar-refractivity contribution is -0.387. The van der Waals surface area contributed by atoms with Crippen LogP contribution in [0, 0.1) is 10.1 Å². The number of hydrogen-bond donors (Lipinski definition) is 3. The van der Waals surface area contributed by atoms with Gasteiger partial charge < -0.3 is 5.43 Å². The minimum atomic E-state index is -3.88. The van der Waals surface area contributed by atoms with E-state index in [-0.39, 0.29) is 16.6 Å². The van der Waals surface area contributed by atoms with E-state index < -0.39 is 20.6 Å². The minimum Gasteiger partial charge on any atom is -0.324 e. The van der Waals surface area contributed by atoms with Crippen LogP contribution in [0.1, 0.15) is 19.3 Å². The van der Waals surface area contributed by atoms with E-state index in [1.165, 1.54) is 12.1 Å². The average molecular weight is 286 g/mol. The van der Waals surface area contributed by atoms with Crippen molar-refractivity contribution < 1.29 is 13.3 Å². The number of nitrogens with zero attached hydrogens (tertiary/aromatic N) is 1. The fraction of sp³-hybridized carbons (Fsp3) is 0.400. The lowest BCUT2D eigenvalue weighted by atomic mass is 9.94. The van der Waals surface area contributed by atoms with Gasteiger partial charge in [-0.05, 0) is 25.0 Å². The summed E-state index contributed by atoms with van der Waals surface area (Å²) in [7, 11) is -3.88. The van der Waals surface area contributed by atoms with Gasteiger partial charge >= 0.3 is 0 Å². The molecule has 1 aromatic carbocycles. The molecule has 0 heterocycles. The van der Waals surface area contributed by atoms with Gasteiger partial charge in [0.1, 0.15) is 0 Å². The van der Waals surface area contributed by atoms with E-state index in [9.17, 15) is 18.5 Å². The van der Waals surface area contributed by atoms with Gasteiger partial charge in [-0.3, -0.25) is 16.0 Å². The second-order valence-electron chi connectivity index (χ2n) is 4.33. The van der Waals surface area contributed by atoms with E-state index in [0.717, 1.165) is 25.3 Å². The number of nitrogens with one attached hydrogen (secondary N) is 2. The molecule has 0 atom stereocenters. The Bertz CT molecular complexity index is 598. The van der Waals surface area contributed by atoms with Gasteiger partial charge in [-0.2, -0.15) is 0 Å². The summed E-state index contributed by atoms with van der Waals surface area (Å²) in [6.07, 6.45) is 2.48. The molecule has 0 amide bonds. The number of hydrazine groups is 1. The van der Waals surface area contributed by atoms with Crippen molar-refractivity contribution >= 4 is 21.4 Å². The summed E-state index contributed by atoms with van der Waals surface area (Å²) in [5.74, 6) is 5.15. The Labute approximate surface area is 110 Å². The SMILES string of the molecule is NNc1ccc(S(=O)(=O)NC2CCC2)c([N+](=O)[O-])c1. The quantitative estimate of drug-likeness (QED) is 0.415. The third-order valence-electron chi connectivity index (χ3n) is 3.04.